The molecular formula is C23H19BrF4N2O3S. The Hall–Kier alpha value is -2.76. The molecule has 0 saturated carbocycles. The number of carbonyl (C=O) groups excluding carboxylic acids is 1. The molecule has 5 nitrogen and oxygen atoms in total. The van der Waals surface area contributed by atoms with E-state index in [4.69, 9.17) is 0 Å². The number of amides is 1. The topological polar surface area (TPSA) is 66.5 Å². The number of hydrogen-bond donors (Lipinski definition) is 1. The minimum absolute atomic E-state index is 0.0586. The SMILES string of the molecule is Cc1ccc(CN(CC(=O)Nc2ccc(F)c(C(F)(F)F)c2)S(=O)(=O)c2ccc(Br)cc2)cc1. The average Bonchev–Trinajstić information content (AvgIpc) is 2.75. The lowest BCUT2D eigenvalue weighted by Crippen LogP contribution is -2.37. The Morgan fingerprint density at radius 2 is 1.62 bits per heavy atom. The van der Waals surface area contributed by atoms with Crippen LogP contribution in [0.1, 0.15) is 16.7 Å². The molecule has 3 aromatic carbocycles. The summed E-state index contributed by atoms with van der Waals surface area (Å²) in [5.74, 6) is -2.36. The Bertz CT molecular complexity index is 1280. The van der Waals surface area contributed by atoms with Crippen LogP contribution in [0.25, 0.3) is 0 Å². The van der Waals surface area contributed by atoms with Crippen LogP contribution in [0.15, 0.2) is 76.1 Å². The molecule has 3 aromatic rings. The largest absolute Gasteiger partial charge is 0.419 e. The Morgan fingerprint density at radius 1 is 1.00 bits per heavy atom. The second-order valence-electron chi connectivity index (χ2n) is 7.45. The molecule has 0 aliphatic heterocycles. The predicted octanol–water partition coefficient (Wildman–Crippen LogP) is 5.75. The quantitative estimate of drug-likeness (QED) is 0.376. The maximum atomic E-state index is 13.5. The Kier molecular flexibility index (Phi) is 7.79. The fraction of sp³-hybridized carbons (Fsp3) is 0.174. The lowest BCUT2D eigenvalue weighted by atomic mass is 10.1. The standard InChI is InChI=1S/C23H19BrF4N2O3S/c1-15-2-4-16(5-3-15)13-30(34(32,33)19-9-6-17(24)7-10-19)14-22(31)29-18-8-11-21(25)20(12-18)23(26,27)28/h2-12H,13-14H2,1H3,(H,29,31). The van der Waals surface area contributed by atoms with Gasteiger partial charge < -0.3 is 5.32 Å². The molecule has 1 N–H and O–H groups in total. The minimum atomic E-state index is -4.95. The number of alkyl halides is 3. The van der Waals surface area contributed by atoms with Crippen molar-refractivity contribution < 1.29 is 30.8 Å². The van der Waals surface area contributed by atoms with Gasteiger partial charge in [-0.3, -0.25) is 4.79 Å². The van der Waals surface area contributed by atoms with Gasteiger partial charge in [-0.2, -0.15) is 17.5 Å². The highest BCUT2D eigenvalue weighted by Crippen LogP contribution is 2.33. The number of anilines is 1. The van der Waals surface area contributed by atoms with Gasteiger partial charge in [-0.05, 0) is 55.0 Å². The molecule has 1 amide bonds. The van der Waals surface area contributed by atoms with Crippen LogP contribution in [0.3, 0.4) is 0 Å². The lowest BCUT2D eigenvalue weighted by molar-refractivity contribution is -0.140. The zero-order valence-electron chi connectivity index (χ0n) is 17.7. The maximum Gasteiger partial charge on any atom is 0.419 e. The molecule has 0 unspecified atom stereocenters. The third-order valence-electron chi connectivity index (χ3n) is 4.81. The van der Waals surface area contributed by atoms with Crippen LogP contribution in [-0.2, 0) is 27.5 Å². The van der Waals surface area contributed by atoms with Crippen LogP contribution in [-0.4, -0.2) is 25.2 Å². The predicted molar refractivity (Wildman–Crippen MR) is 123 cm³/mol. The third-order valence-corrected chi connectivity index (χ3v) is 7.14. The first kappa shape index (κ1) is 25.9. The molecule has 180 valence electrons. The highest BCUT2D eigenvalue weighted by Gasteiger charge is 2.34. The number of hydrogen-bond acceptors (Lipinski definition) is 3. The normalized spacial score (nSPS) is 12.1. The second-order valence-corrected chi connectivity index (χ2v) is 10.3. The van der Waals surface area contributed by atoms with E-state index in [1.807, 2.05) is 6.92 Å². The van der Waals surface area contributed by atoms with Crippen molar-refractivity contribution in [2.75, 3.05) is 11.9 Å². The van der Waals surface area contributed by atoms with Gasteiger partial charge in [0, 0.05) is 16.7 Å². The summed E-state index contributed by atoms with van der Waals surface area (Å²) in [5.41, 5.74) is -0.278. The van der Waals surface area contributed by atoms with E-state index in [2.05, 4.69) is 21.2 Å². The molecule has 0 saturated heterocycles. The first-order valence-corrected chi connectivity index (χ1v) is 12.1. The van der Waals surface area contributed by atoms with Gasteiger partial charge in [-0.1, -0.05) is 45.8 Å². The van der Waals surface area contributed by atoms with Gasteiger partial charge in [0.1, 0.15) is 5.82 Å². The van der Waals surface area contributed by atoms with Crippen molar-refractivity contribution >= 4 is 37.5 Å². The van der Waals surface area contributed by atoms with E-state index >= 15 is 0 Å². The number of halogens is 5. The van der Waals surface area contributed by atoms with Gasteiger partial charge in [-0.15, -0.1) is 0 Å². The first-order chi connectivity index (χ1) is 15.9. The number of nitrogens with zero attached hydrogens (tertiary/aromatic N) is 1. The van der Waals surface area contributed by atoms with Crippen LogP contribution in [0.5, 0.6) is 0 Å². The molecule has 0 aliphatic carbocycles. The average molecular weight is 559 g/mol. The Balaban J connectivity index is 1.88. The van der Waals surface area contributed by atoms with Gasteiger partial charge in [0.2, 0.25) is 15.9 Å². The Morgan fingerprint density at radius 3 is 2.21 bits per heavy atom. The van der Waals surface area contributed by atoms with Crippen molar-refractivity contribution in [2.45, 2.75) is 24.5 Å². The molecule has 0 aromatic heterocycles. The number of carbonyl (C=O) groups is 1. The zero-order chi connectivity index (χ0) is 25.1. The fourth-order valence-corrected chi connectivity index (χ4v) is 4.71. The number of sulfonamides is 1. The van der Waals surface area contributed by atoms with Crippen LogP contribution >= 0.6 is 15.9 Å². The molecule has 0 aliphatic rings. The molecule has 11 heteroatoms. The molecule has 0 radical (unpaired) electrons. The van der Waals surface area contributed by atoms with Crippen LogP contribution in [0, 0.1) is 12.7 Å². The van der Waals surface area contributed by atoms with E-state index in [-0.39, 0.29) is 17.1 Å². The molecule has 0 fully saturated rings. The summed E-state index contributed by atoms with van der Waals surface area (Å²) in [7, 11) is -4.14. The van der Waals surface area contributed by atoms with Crippen LogP contribution < -0.4 is 5.32 Å². The summed E-state index contributed by atoms with van der Waals surface area (Å²) >= 11 is 3.23. The van der Waals surface area contributed by atoms with Crippen LogP contribution in [0.4, 0.5) is 23.2 Å². The lowest BCUT2D eigenvalue weighted by Gasteiger charge is -2.22. The molecule has 0 atom stereocenters. The maximum absolute atomic E-state index is 13.5. The monoisotopic (exact) mass is 558 g/mol. The summed E-state index contributed by atoms with van der Waals surface area (Å²) in [5, 5.41) is 2.22. The minimum Gasteiger partial charge on any atom is -0.325 e. The van der Waals surface area contributed by atoms with Crippen molar-refractivity contribution in [2.24, 2.45) is 0 Å². The Labute approximate surface area is 202 Å². The molecule has 0 bridgehead atoms. The summed E-state index contributed by atoms with van der Waals surface area (Å²) < 4.78 is 80.6. The highest BCUT2D eigenvalue weighted by atomic mass is 79.9. The second kappa shape index (κ2) is 10.2. The molecule has 0 spiro atoms. The van der Waals surface area contributed by atoms with E-state index in [0.717, 1.165) is 15.9 Å². The molecular weight excluding hydrogens is 540 g/mol. The van der Waals surface area contributed by atoms with Gasteiger partial charge in [0.05, 0.1) is 17.0 Å². The van der Waals surface area contributed by atoms with Crippen molar-refractivity contribution in [3.8, 4) is 0 Å². The number of aryl methyl sites for hydroxylation is 1. The van der Waals surface area contributed by atoms with Gasteiger partial charge in [0.25, 0.3) is 0 Å². The zero-order valence-corrected chi connectivity index (χ0v) is 20.1. The number of nitrogens with one attached hydrogen (secondary N) is 1. The third kappa shape index (κ3) is 6.43. The van der Waals surface area contributed by atoms with Crippen molar-refractivity contribution in [3.63, 3.8) is 0 Å². The molecule has 3 rings (SSSR count). The van der Waals surface area contributed by atoms with Crippen molar-refractivity contribution in [3.05, 3.63) is 93.7 Å². The smallest absolute Gasteiger partial charge is 0.325 e. The van der Waals surface area contributed by atoms with Crippen molar-refractivity contribution in [1.82, 2.24) is 4.31 Å². The van der Waals surface area contributed by atoms with E-state index < -0.39 is 40.0 Å². The number of benzene rings is 3. The van der Waals surface area contributed by atoms with Crippen LogP contribution in [0.2, 0.25) is 0 Å². The highest BCUT2D eigenvalue weighted by molar-refractivity contribution is 9.10. The fourth-order valence-electron chi connectivity index (χ4n) is 3.06. The van der Waals surface area contributed by atoms with E-state index in [0.29, 0.717) is 22.2 Å². The van der Waals surface area contributed by atoms with E-state index in [1.165, 1.54) is 24.3 Å². The first-order valence-electron chi connectivity index (χ1n) is 9.84. The van der Waals surface area contributed by atoms with Crippen molar-refractivity contribution in [1.29, 1.82) is 0 Å². The van der Waals surface area contributed by atoms with Gasteiger partial charge in [0.15, 0.2) is 0 Å². The summed E-state index contributed by atoms with van der Waals surface area (Å²) in [6, 6.07) is 14.8. The van der Waals surface area contributed by atoms with Gasteiger partial charge >= 0.3 is 6.18 Å². The number of rotatable bonds is 7. The summed E-state index contributed by atoms with van der Waals surface area (Å²) in [6.07, 6.45) is -4.95. The molecule has 0 heterocycles. The summed E-state index contributed by atoms with van der Waals surface area (Å²) in [6.45, 7) is 1.04. The van der Waals surface area contributed by atoms with E-state index in [9.17, 15) is 30.8 Å². The summed E-state index contributed by atoms with van der Waals surface area (Å²) in [4.78, 5) is 12.6. The van der Waals surface area contributed by atoms with Gasteiger partial charge in [-0.25, -0.2) is 12.8 Å². The van der Waals surface area contributed by atoms with E-state index in [1.54, 1.807) is 24.3 Å². The molecule has 34 heavy (non-hydrogen) atoms.